The Bertz CT molecular complexity index is 668. The van der Waals surface area contributed by atoms with E-state index in [9.17, 15) is 15.0 Å². The summed E-state index contributed by atoms with van der Waals surface area (Å²) in [7, 11) is 1.54. The molecule has 0 amide bonds. The lowest BCUT2D eigenvalue weighted by Gasteiger charge is -2.49. The molecule has 2 saturated carbocycles. The molecule has 3 aliphatic rings. The number of aliphatic hydroxyl groups excluding tert-OH is 1. The normalized spacial score (nSPS) is 38.7. The average Bonchev–Trinajstić information content (AvgIpc) is 2.83. The lowest BCUT2D eigenvalue weighted by atomic mass is 9.55. The van der Waals surface area contributed by atoms with Crippen LogP contribution in [0.1, 0.15) is 60.9 Å². The number of Topliss-reactive ketones (excluding diaryl/α,β-unsaturated/α-hetero) is 1. The number of fused-ring (bicyclic) bond motifs is 5. The molecule has 0 spiro atoms. The quantitative estimate of drug-likeness (QED) is 0.834. The topological polar surface area (TPSA) is 66.8 Å². The van der Waals surface area contributed by atoms with E-state index in [4.69, 9.17) is 4.74 Å². The number of hydrogen-bond acceptors (Lipinski definition) is 4. The van der Waals surface area contributed by atoms with Gasteiger partial charge in [0, 0.05) is 12.0 Å². The number of phenols is 1. The van der Waals surface area contributed by atoms with Crippen molar-refractivity contribution in [1.82, 2.24) is 0 Å². The van der Waals surface area contributed by atoms with Gasteiger partial charge in [0.25, 0.3) is 0 Å². The Morgan fingerprint density at radius 3 is 2.78 bits per heavy atom. The number of carbonyl (C=O) groups is 1. The number of hydrogen-bond donors (Lipinski definition) is 2. The summed E-state index contributed by atoms with van der Waals surface area (Å²) in [5, 5.41) is 20.4. The third-order valence-corrected chi connectivity index (χ3v) is 6.86. The largest absolute Gasteiger partial charge is 0.504 e. The van der Waals surface area contributed by atoms with Gasteiger partial charge in [-0.25, -0.2) is 0 Å². The van der Waals surface area contributed by atoms with Crippen LogP contribution in [0.4, 0.5) is 0 Å². The van der Waals surface area contributed by atoms with Crippen molar-refractivity contribution in [2.24, 2.45) is 17.3 Å². The van der Waals surface area contributed by atoms with E-state index in [2.05, 4.69) is 6.92 Å². The van der Waals surface area contributed by atoms with E-state index in [1.54, 1.807) is 6.07 Å². The van der Waals surface area contributed by atoms with Gasteiger partial charge < -0.3 is 14.9 Å². The van der Waals surface area contributed by atoms with Crippen LogP contribution >= 0.6 is 0 Å². The van der Waals surface area contributed by atoms with Crippen molar-refractivity contribution in [2.75, 3.05) is 7.11 Å². The highest BCUT2D eigenvalue weighted by Gasteiger charge is 2.55. The number of rotatable bonds is 1. The number of carbonyl (C=O) groups excluding carboxylic acids is 1. The standard InChI is InChI=1S/C19H24O4/c1-19-6-5-10-11-9-17(23-2)16(21)8-13(11)15(20)7-12(10)14(19)3-4-18(19)22/h8-10,12,14,18,21-22H,3-7H2,1-2H3/t10?,12?,14?,18?,19-/m0/s1. The summed E-state index contributed by atoms with van der Waals surface area (Å²) >= 11 is 0. The van der Waals surface area contributed by atoms with Crippen LogP contribution in [-0.2, 0) is 0 Å². The van der Waals surface area contributed by atoms with Crippen LogP contribution in [0.5, 0.6) is 11.5 Å². The second kappa shape index (κ2) is 4.97. The molecule has 2 N–H and O–H groups in total. The number of ketones is 1. The highest BCUT2D eigenvalue weighted by Crippen LogP contribution is 2.61. The Labute approximate surface area is 136 Å². The van der Waals surface area contributed by atoms with Crippen molar-refractivity contribution < 1.29 is 19.7 Å². The first-order valence-electron chi connectivity index (χ1n) is 8.58. The molecule has 124 valence electrons. The Balaban J connectivity index is 1.78. The van der Waals surface area contributed by atoms with Crippen molar-refractivity contribution >= 4 is 5.78 Å². The number of methoxy groups -OCH3 is 1. The third-order valence-electron chi connectivity index (χ3n) is 6.86. The number of aromatic hydroxyl groups is 1. The van der Waals surface area contributed by atoms with Crippen molar-refractivity contribution in [3.63, 3.8) is 0 Å². The van der Waals surface area contributed by atoms with E-state index < -0.39 is 0 Å². The maximum atomic E-state index is 12.7. The summed E-state index contributed by atoms with van der Waals surface area (Å²) in [5.74, 6) is 1.64. The lowest BCUT2D eigenvalue weighted by Crippen LogP contribution is -2.44. The van der Waals surface area contributed by atoms with Gasteiger partial charge in [-0.3, -0.25) is 4.79 Å². The number of phenolic OH excluding ortho intramolecular Hbond substituents is 1. The zero-order valence-corrected chi connectivity index (χ0v) is 13.7. The summed E-state index contributed by atoms with van der Waals surface area (Å²) < 4.78 is 5.25. The highest BCUT2D eigenvalue weighted by atomic mass is 16.5. The highest BCUT2D eigenvalue weighted by molar-refractivity contribution is 5.99. The fourth-order valence-electron chi connectivity index (χ4n) is 5.55. The molecule has 1 aromatic carbocycles. The first-order valence-corrected chi connectivity index (χ1v) is 8.58. The molecule has 5 atom stereocenters. The van der Waals surface area contributed by atoms with Gasteiger partial charge in [-0.2, -0.15) is 0 Å². The second-order valence-electron chi connectivity index (χ2n) is 7.75. The molecule has 4 heteroatoms. The minimum atomic E-state index is -0.237. The van der Waals surface area contributed by atoms with E-state index in [1.165, 1.54) is 7.11 Å². The van der Waals surface area contributed by atoms with Crippen molar-refractivity contribution in [1.29, 1.82) is 0 Å². The van der Waals surface area contributed by atoms with Crippen LogP contribution in [0, 0.1) is 17.3 Å². The predicted molar refractivity (Wildman–Crippen MR) is 85.9 cm³/mol. The van der Waals surface area contributed by atoms with Crippen LogP contribution < -0.4 is 4.74 Å². The number of benzene rings is 1. The van der Waals surface area contributed by atoms with Crippen molar-refractivity contribution in [3.05, 3.63) is 23.3 Å². The van der Waals surface area contributed by atoms with Crippen molar-refractivity contribution in [2.45, 2.75) is 51.0 Å². The molecular formula is C19H24O4. The Morgan fingerprint density at radius 1 is 1.26 bits per heavy atom. The summed E-state index contributed by atoms with van der Waals surface area (Å²) in [6.45, 7) is 2.20. The van der Waals surface area contributed by atoms with Gasteiger partial charge in [0.1, 0.15) is 0 Å². The summed E-state index contributed by atoms with van der Waals surface area (Å²) in [6.07, 6.45) is 4.15. The summed E-state index contributed by atoms with van der Waals surface area (Å²) in [4.78, 5) is 12.7. The molecule has 0 aromatic heterocycles. The maximum absolute atomic E-state index is 12.7. The van der Waals surface area contributed by atoms with Gasteiger partial charge in [-0.05, 0) is 66.5 Å². The van der Waals surface area contributed by atoms with Gasteiger partial charge in [0.2, 0.25) is 0 Å². The predicted octanol–water partition coefficient (Wildman–Crippen LogP) is 3.26. The third kappa shape index (κ3) is 1.97. The van der Waals surface area contributed by atoms with E-state index in [1.807, 2.05) is 6.07 Å². The Kier molecular flexibility index (Phi) is 3.24. The molecule has 0 radical (unpaired) electrons. The zero-order valence-electron chi connectivity index (χ0n) is 13.7. The minimum Gasteiger partial charge on any atom is -0.504 e. The molecule has 0 saturated heterocycles. The first kappa shape index (κ1) is 15.0. The van der Waals surface area contributed by atoms with Crippen LogP contribution in [0.2, 0.25) is 0 Å². The first-order chi connectivity index (χ1) is 11.0. The van der Waals surface area contributed by atoms with E-state index >= 15 is 0 Å². The SMILES string of the molecule is COc1cc2c(cc1O)C(=O)CC1C2CC[C@]2(C)C(O)CCC12. The molecule has 0 aliphatic heterocycles. The molecule has 4 rings (SSSR count). The fraction of sp³-hybridized carbons (Fsp3) is 0.632. The van der Waals surface area contributed by atoms with Crippen molar-refractivity contribution in [3.8, 4) is 11.5 Å². The van der Waals surface area contributed by atoms with Gasteiger partial charge in [-0.1, -0.05) is 6.92 Å². The monoisotopic (exact) mass is 316 g/mol. The second-order valence-corrected chi connectivity index (χ2v) is 7.75. The molecular weight excluding hydrogens is 292 g/mol. The van der Waals surface area contributed by atoms with E-state index in [0.717, 1.165) is 31.2 Å². The summed E-state index contributed by atoms with van der Waals surface area (Å²) in [5.41, 5.74) is 1.65. The minimum absolute atomic E-state index is 0.0370. The maximum Gasteiger partial charge on any atom is 0.163 e. The van der Waals surface area contributed by atoms with E-state index in [-0.39, 0.29) is 23.1 Å². The lowest BCUT2D eigenvalue weighted by molar-refractivity contribution is -0.0208. The van der Waals surface area contributed by atoms with Gasteiger partial charge >= 0.3 is 0 Å². The van der Waals surface area contributed by atoms with Crippen LogP contribution in [0.15, 0.2) is 12.1 Å². The molecule has 2 fully saturated rings. The van der Waals surface area contributed by atoms with Crippen LogP contribution in [-0.4, -0.2) is 29.2 Å². The number of ether oxygens (including phenoxy) is 1. The van der Waals surface area contributed by atoms with Gasteiger partial charge in [0.15, 0.2) is 17.3 Å². The number of aliphatic hydroxyl groups is 1. The molecule has 1 aromatic rings. The molecule has 4 nitrogen and oxygen atoms in total. The Hall–Kier alpha value is -1.55. The Morgan fingerprint density at radius 2 is 2.04 bits per heavy atom. The van der Waals surface area contributed by atoms with Crippen LogP contribution in [0.3, 0.4) is 0 Å². The smallest absolute Gasteiger partial charge is 0.163 e. The zero-order chi connectivity index (χ0) is 16.4. The van der Waals surface area contributed by atoms with E-state index in [0.29, 0.717) is 35.5 Å². The molecule has 3 aliphatic carbocycles. The molecule has 4 unspecified atom stereocenters. The molecule has 23 heavy (non-hydrogen) atoms. The molecule has 0 bridgehead atoms. The fourth-order valence-corrected chi connectivity index (χ4v) is 5.55. The van der Waals surface area contributed by atoms with Gasteiger partial charge in [-0.15, -0.1) is 0 Å². The van der Waals surface area contributed by atoms with Crippen LogP contribution in [0.25, 0.3) is 0 Å². The summed E-state index contributed by atoms with van der Waals surface area (Å²) in [6, 6.07) is 3.43. The molecule has 0 heterocycles. The average molecular weight is 316 g/mol. The van der Waals surface area contributed by atoms with Gasteiger partial charge in [0.05, 0.1) is 13.2 Å².